The average molecular weight is 390 g/mol. The minimum atomic E-state index is -0.493. The molecule has 27 heavy (non-hydrogen) atoms. The van der Waals surface area contributed by atoms with E-state index in [4.69, 9.17) is 4.74 Å². The van der Waals surface area contributed by atoms with E-state index in [1.54, 1.807) is 7.11 Å². The van der Waals surface area contributed by atoms with Crippen LogP contribution in [0.2, 0.25) is 0 Å². The second kappa shape index (κ2) is 8.12. The molecule has 0 radical (unpaired) electrons. The molecular weight excluding hydrogens is 362 g/mol. The third-order valence-electron chi connectivity index (χ3n) is 5.70. The van der Waals surface area contributed by atoms with Crippen molar-refractivity contribution in [2.45, 2.75) is 37.5 Å². The molecule has 2 atom stereocenters. The standard InChI is InChI=1S/C20H27N3O3S/c1-26-15-2-3-16-13(10-15)11-17(21-16)20(25)22-18-12-23(7-4-19(18)24)14-5-8-27-9-6-14/h2-3,10-11,14,18-19,21,24H,4-9,12H2,1H3,(H,22,25)/t18-,19+/m1/s1. The molecule has 4 rings (SSSR count). The van der Waals surface area contributed by atoms with Crippen LogP contribution in [0, 0.1) is 0 Å². The van der Waals surface area contributed by atoms with E-state index in [2.05, 4.69) is 15.2 Å². The Hall–Kier alpha value is -1.70. The van der Waals surface area contributed by atoms with Crippen molar-refractivity contribution < 1.29 is 14.6 Å². The summed E-state index contributed by atoms with van der Waals surface area (Å²) in [6.07, 6.45) is 2.61. The molecule has 0 unspecified atom stereocenters. The number of methoxy groups -OCH3 is 1. The molecule has 6 nitrogen and oxygen atoms in total. The molecule has 0 saturated carbocycles. The molecule has 7 heteroatoms. The highest BCUT2D eigenvalue weighted by Gasteiger charge is 2.33. The van der Waals surface area contributed by atoms with Crippen LogP contribution in [-0.4, -0.2) is 70.8 Å². The number of hydrogen-bond acceptors (Lipinski definition) is 5. The van der Waals surface area contributed by atoms with Crippen molar-refractivity contribution in [3.05, 3.63) is 30.0 Å². The maximum atomic E-state index is 12.8. The van der Waals surface area contributed by atoms with Crippen molar-refractivity contribution in [2.75, 3.05) is 31.7 Å². The van der Waals surface area contributed by atoms with Crippen LogP contribution in [0.5, 0.6) is 5.75 Å². The summed E-state index contributed by atoms with van der Waals surface area (Å²) in [5.74, 6) is 3.01. The van der Waals surface area contributed by atoms with Gasteiger partial charge in [0, 0.05) is 30.0 Å². The van der Waals surface area contributed by atoms with Gasteiger partial charge in [-0.05, 0) is 55.0 Å². The van der Waals surface area contributed by atoms with E-state index in [0.29, 0.717) is 18.2 Å². The molecule has 3 heterocycles. The van der Waals surface area contributed by atoms with Gasteiger partial charge in [-0.15, -0.1) is 0 Å². The first-order chi connectivity index (χ1) is 13.1. The van der Waals surface area contributed by atoms with Gasteiger partial charge in [0.15, 0.2) is 0 Å². The Morgan fingerprint density at radius 1 is 1.30 bits per heavy atom. The highest BCUT2D eigenvalue weighted by Crippen LogP contribution is 2.25. The molecule has 2 aromatic rings. The van der Waals surface area contributed by atoms with Crippen LogP contribution in [0.1, 0.15) is 29.8 Å². The number of likely N-dealkylation sites (tertiary alicyclic amines) is 1. The minimum Gasteiger partial charge on any atom is -0.497 e. The molecule has 2 fully saturated rings. The van der Waals surface area contributed by atoms with E-state index in [9.17, 15) is 9.90 Å². The number of hydrogen-bond donors (Lipinski definition) is 3. The van der Waals surface area contributed by atoms with Gasteiger partial charge in [-0.25, -0.2) is 0 Å². The van der Waals surface area contributed by atoms with Crippen LogP contribution < -0.4 is 10.1 Å². The second-order valence-electron chi connectivity index (χ2n) is 7.41. The van der Waals surface area contributed by atoms with Gasteiger partial charge in [-0.3, -0.25) is 9.69 Å². The molecule has 0 bridgehead atoms. The molecule has 2 aliphatic rings. The van der Waals surface area contributed by atoms with Crippen molar-refractivity contribution in [1.29, 1.82) is 0 Å². The van der Waals surface area contributed by atoms with Gasteiger partial charge < -0.3 is 20.1 Å². The summed E-state index contributed by atoms with van der Waals surface area (Å²) in [4.78, 5) is 18.4. The summed E-state index contributed by atoms with van der Waals surface area (Å²) >= 11 is 2.02. The Kier molecular flexibility index (Phi) is 5.61. The van der Waals surface area contributed by atoms with Crippen molar-refractivity contribution in [1.82, 2.24) is 15.2 Å². The van der Waals surface area contributed by atoms with Gasteiger partial charge in [0.25, 0.3) is 5.91 Å². The zero-order valence-corrected chi connectivity index (χ0v) is 16.4. The maximum absolute atomic E-state index is 12.8. The number of carbonyl (C=O) groups is 1. The van der Waals surface area contributed by atoms with Gasteiger partial charge in [0.2, 0.25) is 0 Å². The molecule has 3 N–H and O–H groups in total. The number of aliphatic hydroxyl groups is 1. The quantitative estimate of drug-likeness (QED) is 0.748. The van der Waals surface area contributed by atoms with Gasteiger partial charge in [0.05, 0.1) is 19.3 Å². The third kappa shape index (κ3) is 4.10. The largest absolute Gasteiger partial charge is 0.497 e. The number of carbonyl (C=O) groups excluding carboxylic acids is 1. The number of piperidine rings is 1. The van der Waals surface area contributed by atoms with E-state index in [1.807, 2.05) is 36.0 Å². The zero-order chi connectivity index (χ0) is 18.8. The van der Waals surface area contributed by atoms with Crippen LogP contribution >= 0.6 is 11.8 Å². The number of nitrogens with zero attached hydrogens (tertiary/aromatic N) is 1. The maximum Gasteiger partial charge on any atom is 0.268 e. The van der Waals surface area contributed by atoms with Crippen LogP contribution in [-0.2, 0) is 0 Å². The molecule has 0 spiro atoms. The number of amides is 1. The second-order valence-corrected chi connectivity index (χ2v) is 8.64. The number of nitrogens with one attached hydrogen (secondary N) is 2. The van der Waals surface area contributed by atoms with Crippen LogP contribution in [0.3, 0.4) is 0 Å². The van der Waals surface area contributed by atoms with Gasteiger partial charge >= 0.3 is 0 Å². The lowest BCUT2D eigenvalue weighted by Crippen LogP contribution is -2.57. The van der Waals surface area contributed by atoms with E-state index < -0.39 is 6.10 Å². The van der Waals surface area contributed by atoms with Crippen molar-refractivity contribution in [3.8, 4) is 5.75 Å². The Morgan fingerprint density at radius 3 is 2.89 bits per heavy atom. The number of aromatic amines is 1. The fraction of sp³-hybridized carbons (Fsp3) is 0.550. The van der Waals surface area contributed by atoms with E-state index >= 15 is 0 Å². The van der Waals surface area contributed by atoms with E-state index in [0.717, 1.165) is 29.7 Å². The Labute approximate surface area is 163 Å². The van der Waals surface area contributed by atoms with Crippen molar-refractivity contribution >= 4 is 28.6 Å². The number of fused-ring (bicyclic) bond motifs is 1. The van der Waals surface area contributed by atoms with Crippen LogP contribution in [0.25, 0.3) is 10.9 Å². The first-order valence-electron chi connectivity index (χ1n) is 9.61. The summed E-state index contributed by atoms with van der Waals surface area (Å²) in [5, 5.41) is 14.4. The zero-order valence-electron chi connectivity index (χ0n) is 15.6. The SMILES string of the molecule is COc1ccc2[nH]c(C(=O)N[C@@H]3CN(C4CCSCC4)CC[C@@H]3O)cc2c1. The van der Waals surface area contributed by atoms with E-state index in [1.165, 1.54) is 24.3 Å². The summed E-state index contributed by atoms with van der Waals surface area (Å²) in [6.45, 7) is 1.63. The number of aliphatic hydroxyl groups excluding tert-OH is 1. The fourth-order valence-corrected chi connectivity index (χ4v) is 5.18. The first kappa shape index (κ1) is 18.7. The normalized spacial score (nSPS) is 24.8. The Morgan fingerprint density at radius 2 is 2.11 bits per heavy atom. The number of benzene rings is 1. The summed E-state index contributed by atoms with van der Waals surface area (Å²) < 4.78 is 5.24. The lowest BCUT2D eigenvalue weighted by Gasteiger charge is -2.42. The number of thioether (sulfide) groups is 1. The third-order valence-corrected chi connectivity index (χ3v) is 6.75. The minimum absolute atomic E-state index is 0.171. The Balaban J connectivity index is 1.44. The van der Waals surface area contributed by atoms with Crippen molar-refractivity contribution in [2.24, 2.45) is 0 Å². The first-order valence-corrected chi connectivity index (χ1v) is 10.8. The summed E-state index contributed by atoms with van der Waals surface area (Å²) in [7, 11) is 1.63. The fourth-order valence-electron chi connectivity index (χ4n) is 4.09. The lowest BCUT2D eigenvalue weighted by molar-refractivity contribution is 0.0263. The predicted molar refractivity (Wildman–Crippen MR) is 109 cm³/mol. The number of aromatic nitrogens is 1. The summed E-state index contributed by atoms with van der Waals surface area (Å²) in [6, 6.07) is 7.86. The van der Waals surface area contributed by atoms with Crippen LogP contribution in [0.15, 0.2) is 24.3 Å². The van der Waals surface area contributed by atoms with Gasteiger partial charge in [-0.1, -0.05) is 0 Å². The molecule has 2 saturated heterocycles. The van der Waals surface area contributed by atoms with E-state index in [-0.39, 0.29) is 11.9 Å². The number of rotatable bonds is 4. The van der Waals surface area contributed by atoms with Crippen molar-refractivity contribution in [3.63, 3.8) is 0 Å². The molecule has 1 amide bonds. The monoisotopic (exact) mass is 389 g/mol. The molecule has 146 valence electrons. The summed E-state index contributed by atoms with van der Waals surface area (Å²) in [5.41, 5.74) is 1.41. The highest BCUT2D eigenvalue weighted by molar-refractivity contribution is 7.99. The Bertz CT molecular complexity index is 803. The number of H-pyrrole nitrogens is 1. The molecule has 1 aromatic heterocycles. The van der Waals surface area contributed by atoms with Gasteiger partial charge in [0.1, 0.15) is 11.4 Å². The lowest BCUT2D eigenvalue weighted by atomic mass is 9.98. The average Bonchev–Trinajstić information content (AvgIpc) is 3.13. The molecule has 0 aliphatic carbocycles. The predicted octanol–water partition coefficient (Wildman–Crippen LogP) is 2.24. The molecular formula is C20H27N3O3S. The van der Waals surface area contributed by atoms with Gasteiger partial charge in [-0.2, -0.15) is 11.8 Å². The molecule has 2 aliphatic heterocycles. The molecule has 1 aromatic carbocycles. The topological polar surface area (TPSA) is 77.6 Å². The van der Waals surface area contributed by atoms with Crippen LogP contribution in [0.4, 0.5) is 0 Å². The smallest absolute Gasteiger partial charge is 0.268 e. The number of ether oxygens (including phenoxy) is 1. The highest BCUT2D eigenvalue weighted by atomic mass is 32.2.